The Bertz CT molecular complexity index is 651. The number of benzene rings is 1. The van der Waals surface area contributed by atoms with E-state index in [0.717, 1.165) is 18.0 Å². The third-order valence-corrected chi connectivity index (χ3v) is 2.37. The minimum absolute atomic E-state index is 0.226. The summed E-state index contributed by atoms with van der Waals surface area (Å²) in [6.07, 6.45) is -1.45. The standard InChI is InChI=1S/C12H9F3N4.2CHN/c13-12(14,15)10-6-17-11(18-7-10)9-3-1-8(2-4-9)5-19-16;2*1-2/h1-7H,16H2;2*1H. The van der Waals surface area contributed by atoms with Gasteiger partial charge >= 0.3 is 6.18 Å². The highest BCUT2D eigenvalue weighted by Crippen LogP contribution is 2.28. The van der Waals surface area contributed by atoms with Crippen LogP contribution in [0.2, 0.25) is 0 Å². The van der Waals surface area contributed by atoms with Crippen molar-refractivity contribution in [3.05, 3.63) is 47.8 Å². The Morgan fingerprint density at radius 1 is 1.00 bits per heavy atom. The van der Waals surface area contributed by atoms with Gasteiger partial charge in [0.1, 0.15) is 0 Å². The first kappa shape index (κ1) is 19.5. The van der Waals surface area contributed by atoms with Gasteiger partial charge in [0.25, 0.3) is 0 Å². The van der Waals surface area contributed by atoms with Crippen molar-refractivity contribution in [1.82, 2.24) is 9.97 Å². The molecule has 0 saturated carbocycles. The van der Waals surface area contributed by atoms with E-state index in [1.54, 1.807) is 24.3 Å². The number of aromatic nitrogens is 2. The predicted octanol–water partition coefficient (Wildman–Crippen LogP) is 2.73. The van der Waals surface area contributed by atoms with E-state index in [1.165, 1.54) is 6.21 Å². The number of nitrogens with zero attached hydrogens (tertiary/aromatic N) is 5. The summed E-state index contributed by atoms with van der Waals surface area (Å²) in [5.74, 6) is 5.23. The Labute approximate surface area is 130 Å². The first-order valence-corrected chi connectivity index (χ1v) is 5.75. The molecule has 118 valence electrons. The highest BCUT2D eigenvalue weighted by molar-refractivity contribution is 5.80. The molecule has 23 heavy (non-hydrogen) atoms. The quantitative estimate of drug-likeness (QED) is 0.519. The zero-order valence-electron chi connectivity index (χ0n) is 11.6. The summed E-state index contributed by atoms with van der Waals surface area (Å²) in [7, 11) is 0. The van der Waals surface area contributed by atoms with Gasteiger partial charge in [-0.05, 0) is 5.56 Å². The largest absolute Gasteiger partial charge is 0.419 e. The van der Waals surface area contributed by atoms with Crippen LogP contribution in [0.5, 0.6) is 0 Å². The van der Waals surface area contributed by atoms with Gasteiger partial charge in [-0.25, -0.2) is 20.5 Å². The van der Waals surface area contributed by atoms with Crippen molar-refractivity contribution in [3.8, 4) is 24.5 Å². The molecule has 0 aliphatic carbocycles. The van der Waals surface area contributed by atoms with Gasteiger partial charge in [-0.1, -0.05) is 24.3 Å². The maximum absolute atomic E-state index is 12.4. The summed E-state index contributed by atoms with van der Waals surface area (Å²) < 4.78 is 37.1. The van der Waals surface area contributed by atoms with E-state index in [0.29, 0.717) is 5.56 Å². The molecule has 1 aromatic carbocycles. The fourth-order valence-corrected chi connectivity index (χ4v) is 1.43. The van der Waals surface area contributed by atoms with Crippen molar-refractivity contribution in [2.45, 2.75) is 6.18 Å². The molecule has 2 rings (SSSR count). The van der Waals surface area contributed by atoms with Crippen LogP contribution < -0.4 is 5.84 Å². The number of hydrazone groups is 1. The lowest BCUT2D eigenvalue weighted by Crippen LogP contribution is -2.06. The van der Waals surface area contributed by atoms with Gasteiger partial charge in [0, 0.05) is 31.1 Å². The third kappa shape index (κ3) is 5.81. The molecule has 0 spiro atoms. The summed E-state index contributed by atoms with van der Waals surface area (Å²) in [5.41, 5.74) is 0.518. The van der Waals surface area contributed by atoms with E-state index in [1.807, 2.05) is 0 Å². The molecular weight excluding hydrogens is 309 g/mol. The van der Waals surface area contributed by atoms with E-state index in [2.05, 4.69) is 28.2 Å². The normalized spacial score (nSPS) is 10.0. The van der Waals surface area contributed by atoms with Gasteiger partial charge in [-0.3, -0.25) is 0 Å². The van der Waals surface area contributed by atoms with E-state index in [4.69, 9.17) is 16.4 Å². The van der Waals surface area contributed by atoms with E-state index in [-0.39, 0.29) is 5.82 Å². The Morgan fingerprint density at radius 3 is 1.87 bits per heavy atom. The molecule has 0 aliphatic rings. The first-order chi connectivity index (χ1) is 11.0. The van der Waals surface area contributed by atoms with Crippen molar-refractivity contribution in [2.75, 3.05) is 0 Å². The van der Waals surface area contributed by atoms with Gasteiger partial charge in [0.15, 0.2) is 5.82 Å². The van der Waals surface area contributed by atoms with Crippen molar-refractivity contribution in [3.63, 3.8) is 0 Å². The van der Waals surface area contributed by atoms with Crippen LogP contribution in [0.3, 0.4) is 0 Å². The molecule has 0 fully saturated rings. The molecule has 1 aromatic heterocycles. The molecule has 0 saturated heterocycles. The topological polar surface area (TPSA) is 112 Å². The molecule has 2 aromatic rings. The summed E-state index contributed by atoms with van der Waals surface area (Å²) in [6.45, 7) is 7.00. The zero-order chi connectivity index (χ0) is 17.9. The number of hydrogen-bond acceptors (Lipinski definition) is 6. The summed E-state index contributed by atoms with van der Waals surface area (Å²) in [4.78, 5) is 7.40. The Balaban J connectivity index is 0.00000112. The second-order valence-corrected chi connectivity index (χ2v) is 3.69. The Kier molecular flexibility index (Phi) is 8.05. The van der Waals surface area contributed by atoms with Gasteiger partial charge in [-0.15, -0.1) is 0 Å². The summed E-state index contributed by atoms with van der Waals surface area (Å²) >= 11 is 0. The van der Waals surface area contributed by atoms with Gasteiger partial charge in [-0.2, -0.15) is 18.3 Å². The SMILES string of the molecule is C#N.C#N.NN=Cc1ccc(-c2ncc(C(F)(F)F)cn2)cc1. The number of halogens is 3. The minimum atomic E-state index is -4.43. The van der Waals surface area contributed by atoms with Crippen LogP contribution in [-0.2, 0) is 6.18 Å². The van der Waals surface area contributed by atoms with Crippen LogP contribution >= 0.6 is 0 Å². The molecule has 2 N–H and O–H groups in total. The molecule has 0 bridgehead atoms. The maximum Gasteiger partial charge on any atom is 0.419 e. The van der Waals surface area contributed by atoms with Crippen molar-refractivity contribution < 1.29 is 13.2 Å². The van der Waals surface area contributed by atoms with Crippen molar-refractivity contribution in [1.29, 1.82) is 10.5 Å². The average molecular weight is 320 g/mol. The van der Waals surface area contributed by atoms with Crippen molar-refractivity contribution >= 4 is 6.21 Å². The van der Waals surface area contributed by atoms with Crippen molar-refractivity contribution in [2.24, 2.45) is 10.9 Å². The molecular formula is C14H11F3N6. The minimum Gasteiger partial charge on any atom is -0.323 e. The van der Waals surface area contributed by atoms with Crippen LogP contribution in [0, 0.1) is 23.7 Å². The van der Waals surface area contributed by atoms with E-state index < -0.39 is 11.7 Å². The van der Waals surface area contributed by atoms with Crippen LogP contribution in [0.4, 0.5) is 13.2 Å². The zero-order valence-corrected chi connectivity index (χ0v) is 11.6. The predicted molar refractivity (Wildman–Crippen MR) is 77.6 cm³/mol. The molecule has 0 amide bonds. The number of rotatable bonds is 2. The monoisotopic (exact) mass is 320 g/mol. The Hall–Kier alpha value is -3.46. The molecule has 0 radical (unpaired) electrons. The first-order valence-electron chi connectivity index (χ1n) is 5.75. The number of alkyl halides is 3. The molecule has 0 atom stereocenters. The highest BCUT2D eigenvalue weighted by atomic mass is 19.4. The smallest absolute Gasteiger partial charge is 0.323 e. The molecule has 6 nitrogen and oxygen atoms in total. The van der Waals surface area contributed by atoms with E-state index >= 15 is 0 Å². The lowest BCUT2D eigenvalue weighted by Gasteiger charge is -2.06. The lowest BCUT2D eigenvalue weighted by atomic mass is 10.1. The van der Waals surface area contributed by atoms with Crippen LogP contribution in [0.25, 0.3) is 11.4 Å². The van der Waals surface area contributed by atoms with Crippen LogP contribution in [0.1, 0.15) is 11.1 Å². The Morgan fingerprint density at radius 2 is 1.48 bits per heavy atom. The molecule has 0 unspecified atom stereocenters. The fourth-order valence-electron chi connectivity index (χ4n) is 1.43. The van der Waals surface area contributed by atoms with Crippen LogP contribution in [0.15, 0.2) is 41.8 Å². The maximum atomic E-state index is 12.4. The second kappa shape index (κ2) is 9.47. The third-order valence-electron chi connectivity index (χ3n) is 2.37. The summed E-state index contributed by atoms with van der Waals surface area (Å²) in [5, 5.41) is 16.4. The second-order valence-electron chi connectivity index (χ2n) is 3.69. The average Bonchev–Trinajstić information content (AvgIpc) is 2.59. The summed E-state index contributed by atoms with van der Waals surface area (Å²) in [6, 6.07) is 6.79. The number of nitrogens with two attached hydrogens (primary N) is 1. The van der Waals surface area contributed by atoms with Crippen LogP contribution in [-0.4, -0.2) is 16.2 Å². The molecule has 9 heteroatoms. The van der Waals surface area contributed by atoms with Gasteiger partial charge in [0.2, 0.25) is 0 Å². The molecule has 1 heterocycles. The highest BCUT2D eigenvalue weighted by Gasteiger charge is 2.31. The van der Waals surface area contributed by atoms with E-state index in [9.17, 15) is 13.2 Å². The number of hydrogen-bond donors (Lipinski definition) is 1. The number of nitriles is 2. The lowest BCUT2D eigenvalue weighted by molar-refractivity contribution is -0.138. The van der Waals surface area contributed by atoms with Gasteiger partial charge in [0.05, 0.1) is 11.8 Å². The van der Waals surface area contributed by atoms with Gasteiger partial charge < -0.3 is 5.84 Å². The molecule has 0 aliphatic heterocycles. The fraction of sp³-hybridized carbons (Fsp3) is 0.0714.